The third-order valence-corrected chi connectivity index (χ3v) is 6.17. The van der Waals surface area contributed by atoms with Gasteiger partial charge in [0.15, 0.2) is 0 Å². The molecule has 3 N–H and O–H groups in total. The Labute approximate surface area is 137 Å². The Morgan fingerprint density at radius 3 is 2.48 bits per heavy atom. The third-order valence-electron chi connectivity index (χ3n) is 4.86. The van der Waals surface area contributed by atoms with E-state index in [1.54, 1.807) is 11.3 Å². The number of fused-ring (bicyclic) bond motifs is 1. The van der Waals surface area contributed by atoms with Crippen LogP contribution in [0.4, 0.5) is 5.00 Å². The number of nitrogens with one attached hydrogen (secondary N) is 1. The maximum absolute atomic E-state index is 12.5. The molecule has 0 saturated heterocycles. The van der Waals surface area contributed by atoms with Gasteiger partial charge in [-0.05, 0) is 56.6 Å². The summed E-state index contributed by atoms with van der Waals surface area (Å²) in [6.07, 6.45) is 9.89. The highest BCUT2D eigenvalue weighted by Gasteiger charge is 2.36. The second-order valence-electron chi connectivity index (χ2n) is 6.34. The predicted molar refractivity (Wildman–Crippen MR) is 91.6 cm³/mol. The number of nitrogens with two attached hydrogens (primary N) is 1. The Kier molecular flexibility index (Phi) is 5.33. The lowest BCUT2D eigenvalue weighted by atomic mass is 9.82. The maximum Gasteiger partial charge on any atom is 0.245 e. The summed E-state index contributed by atoms with van der Waals surface area (Å²) in [6, 6.07) is 0. The van der Waals surface area contributed by atoms with E-state index in [-0.39, 0.29) is 18.3 Å². The summed E-state index contributed by atoms with van der Waals surface area (Å²) in [5.41, 5.74) is 8.43. The van der Waals surface area contributed by atoms with Crippen molar-refractivity contribution in [2.24, 2.45) is 5.73 Å². The van der Waals surface area contributed by atoms with Crippen LogP contribution in [0, 0.1) is 6.92 Å². The van der Waals surface area contributed by atoms with Crippen LogP contribution >= 0.6 is 23.7 Å². The number of halogens is 1. The second-order valence-corrected chi connectivity index (χ2v) is 7.44. The SMILES string of the molecule is Cc1c(NC(=O)C2(N)CCCCC2)sc2c1CCCC2.Cl. The number of carbonyl (C=O) groups excluding carboxylic acids is 1. The van der Waals surface area contributed by atoms with Gasteiger partial charge in [-0.15, -0.1) is 23.7 Å². The van der Waals surface area contributed by atoms with E-state index in [0.717, 1.165) is 30.7 Å². The summed E-state index contributed by atoms with van der Waals surface area (Å²) in [4.78, 5) is 14.0. The fraction of sp³-hybridized carbons (Fsp3) is 0.688. The molecule has 0 atom stereocenters. The van der Waals surface area contributed by atoms with Gasteiger partial charge in [-0.2, -0.15) is 0 Å². The van der Waals surface area contributed by atoms with E-state index in [9.17, 15) is 4.79 Å². The molecule has 1 aromatic heterocycles. The molecule has 0 aliphatic heterocycles. The van der Waals surface area contributed by atoms with Gasteiger partial charge in [-0.25, -0.2) is 0 Å². The molecule has 3 rings (SSSR count). The standard InChI is InChI=1S/C16H24N2OS.ClH/c1-11-12-7-3-4-8-13(12)20-14(11)18-15(19)16(17)9-5-2-6-10-16;/h2-10,17H2,1H3,(H,18,19);1H. The highest BCUT2D eigenvalue weighted by atomic mass is 35.5. The Hall–Kier alpha value is -0.580. The summed E-state index contributed by atoms with van der Waals surface area (Å²) in [5, 5.41) is 4.17. The molecule has 1 amide bonds. The summed E-state index contributed by atoms with van der Waals surface area (Å²) in [7, 11) is 0. The highest BCUT2D eigenvalue weighted by molar-refractivity contribution is 7.16. The van der Waals surface area contributed by atoms with E-state index in [2.05, 4.69) is 12.2 Å². The van der Waals surface area contributed by atoms with Gasteiger partial charge in [0.1, 0.15) is 0 Å². The minimum Gasteiger partial charge on any atom is -0.317 e. The topological polar surface area (TPSA) is 55.1 Å². The minimum absolute atomic E-state index is 0. The lowest BCUT2D eigenvalue weighted by molar-refractivity contribution is -0.122. The van der Waals surface area contributed by atoms with Crippen LogP contribution in [0.5, 0.6) is 0 Å². The van der Waals surface area contributed by atoms with Crippen LogP contribution in [0.1, 0.15) is 60.9 Å². The first-order valence-electron chi connectivity index (χ1n) is 7.82. The first kappa shape index (κ1) is 16.8. The van der Waals surface area contributed by atoms with Gasteiger partial charge in [0.25, 0.3) is 0 Å². The molecule has 21 heavy (non-hydrogen) atoms. The zero-order valence-corrected chi connectivity index (χ0v) is 14.3. The van der Waals surface area contributed by atoms with Gasteiger partial charge in [0.05, 0.1) is 10.5 Å². The number of carbonyl (C=O) groups is 1. The third kappa shape index (κ3) is 3.27. The fourth-order valence-electron chi connectivity index (χ4n) is 3.48. The Balaban J connectivity index is 0.00000161. The van der Waals surface area contributed by atoms with Crippen molar-refractivity contribution in [3.63, 3.8) is 0 Å². The van der Waals surface area contributed by atoms with E-state index in [0.29, 0.717) is 0 Å². The number of hydrogen-bond acceptors (Lipinski definition) is 3. The summed E-state index contributed by atoms with van der Waals surface area (Å²) >= 11 is 1.77. The number of rotatable bonds is 2. The molecule has 5 heteroatoms. The Morgan fingerprint density at radius 2 is 1.81 bits per heavy atom. The second kappa shape index (κ2) is 6.67. The maximum atomic E-state index is 12.5. The van der Waals surface area contributed by atoms with Gasteiger partial charge in [-0.3, -0.25) is 4.79 Å². The van der Waals surface area contributed by atoms with E-state index in [1.807, 2.05) is 0 Å². The lowest BCUT2D eigenvalue weighted by Crippen LogP contribution is -2.52. The predicted octanol–water partition coefficient (Wildman–Crippen LogP) is 3.96. The van der Waals surface area contributed by atoms with Crippen molar-refractivity contribution in [3.05, 3.63) is 16.0 Å². The van der Waals surface area contributed by atoms with Crippen molar-refractivity contribution in [3.8, 4) is 0 Å². The molecule has 0 aromatic carbocycles. The van der Waals surface area contributed by atoms with Gasteiger partial charge in [-0.1, -0.05) is 19.3 Å². The molecule has 118 valence electrons. The molecule has 0 radical (unpaired) electrons. The molecule has 1 fully saturated rings. The van der Waals surface area contributed by atoms with E-state index in [4.69, 9.17) is 5.73 Å². The molecule has 2 aliphatic carbocycles. The smallest absolute Gasteiger partial charge is 0.245 e. The molecule has 0 unspecified atom stereocenters. The van der Waals surface area contributed by atoms with E-state index < -0.39 is 5.54 Å². The van der Waals surface area contributed by atoms with Gasteiger partial charge in [0, 0.05) is 4.88 Å². The summed E-state index contributed by atoms with van der Waals surface area (Å²) in [6.45, 7) is 2.14. The number of anilines is 1. The summed E-state index contributed by atoms with van der Waals surface area (Å²) in [5.74, 6) is 0.0268. The Morgan fingerprint density at radius 1 is 1.14 bits per heavy atom. The summed E-state index contributed by atoms with van der Waals surface area (Å²) < 4.78 is 0. The largest absolute Gasteiger partial charge is 0.317 e. The van der Waals surface area contributed by atoms with Gasteiger partial charge in [0.2, 0.25) is 5.91 Å². The van der Waals surface area contributed by atoms with Crippen LogP contribution in [0.25, 0.3) is 0 Å². The van der Waals surface area contributed by atoms with E-state index in [1.165, 1.54) is 48.1 Å². The lowest BCUT2D eigenvalue weighted by Gasteiger charge is -2.31. The van der Waals surface area contributed by atoms with Crippen LogP contribution in [-0.2, 0) is 17.6 Å². The average Bonchev–Trinajstić information content (AvgIpc) is 2.77. The molecule has 1 saturated carbocycles. The fourth-order valence-corrected chi connectivity index (χ4v) is 4.77. The first-order valence-corrected chi connectivity index (χ1v) is 8.63. The van der Waals surface area contributed by atoms with Crippen molar-refractivity contribution in [2.75, 3.05) is 5.32 Å². The van der Waals surface area contributed by atoms with Crippen molar-refractivity contribution in [1.82, 2.24) is 0 Å². The monoisotopic (exact) mass is 328 g/mol. The molecular weight excluding hydrogens is 304 g/mol. The zero-order valence-electron chi connectivity index (χ0n) is 12.7. The number of hydrogen-bond donors (Lipinski definition) is 2. The normalized spacial score (nSPS) is 20.3. The molecule has 0 bridgehead atoms. The first-order chi connectivity index (χ1) is 9.60. The van der Waals surface area contributed by atoms with Crippen molar-refractivity contribution in [2.45, 2.75) is 70.3 Å². The quantitative estimate of drug-likeness (QED) is 0.863. The number of aryl methyl sites for hydroxylation is 1. The van der Waals surface area contributed by atoms with Crippen LogP contribution in [0.3, 0.4) is 0 Å². The van der Waals surface area contributed by atoms with Crippen LogP contribution < -0.4 is 11.1 Å². The number of amides is 1. The van der Waals surface area contributed by atoms with Gasteiger partial charge >= 0.3 is 0 Å². The average molecular weight is 329 g/mol. The number of thiophene rings is 1. The molecule has 1 aromatic rings. The van der Waals surface area contributed by atoms with Crippen LogP contribution in [0.15, 0.2) is 0 Å². The van der Waals surface area contributed by atoms with Crippen molar-refractivity contribution in [1.29, 1.82) is 0 Å². The van der Waals surface area contributed by atoms with Gasteiger partial charge < -0.3 is 11.1 Å². The van der Waals surface area contributed by atoms with E-state index >= 15 is 0 Å². The van der Waals surface area contributed by atoms with Crippen molar-refractivity contribution < 1.29 is 4.79 Å². The Bertz CT molecular complexity index is 521. The molecule has 1 heterocycles. The minimum atomic E-state index is -0.644. The van der Waals surface area contributed by atoms with Crippen molar-refractivity contribution >= 4 is 34.7 Å². The zero-order chi connectivity index (χ0) is 14.2. The molecule has 2 aliphatic rings. The molecule has 3 nitrogen and oxygen atoms in total. The molecular formula is C16H25ClN2OS. The van der Waals surface area contributed by atoms with Crippen LogP contribution in [-0.4, -0.2) is 11.4 Å². The molecule has 0 spiro atoms. The highest BCUT2D eigenvalue weighted by Crippen LogP contribution is 2.38. The van der Waals surface area contributed by atoms with Crippen LogP contribution in [0.2, 0.25) is 0 Å².